The second-order valence-corrected chi connectivity index (χ2v) is 8.38. The highest BCUT2D eigenvalue weighted by molar-refractivity contribution is 6.32. The standard InChI is InChI=1S/C21H22ClFN4O2/c1-21(2,3)25-20(29)14-11-27(16-8-6-12(23)10-15(16)22)19-13(18(14)28)7-9-17(24-19)26(4)5/h6-11H,1-5H3,(H,25,29). The first-order valence-electron chi connectivity index (χ1n) is 8.99. The highest BCUT2D eigenvalue weighted by atomic mass is 35.5. The molecule has 152 valence electrons. The highest BCUT2D eigenvalue weighted by Crippen LogP contribution is 2.25. The van der Waals surface area contributed by atoms with Gasteiger partial charge in [-0.05, 0) is 51.1 Å². The number of anilines is 1. The van der Waals surface area contributed by atoms with E-state index in [-0.39, 0.29) is 16.0 Å². The average molecular weight is 417 g/mol. The van der Waals surface area contributed by atoms with Crippen LogP contribution < -0.4 is 15.6 Å². The van der Waals surface area contributed by atoms with Crippen molar-refractivity contribution in [1.82, 2.24) is 14.9 Å². The third-order valence-electron chi connectivity index (χ3n) is 4.20. The summed E-state index contributed by atoms with van der Waals surface area (Å²) >= 11 is 6.27. The molecule has 0 aliphatic carbocycles. The van der Waals surface area contributed by atoms with Gasteiger partial charge in [-0.25, -0.2) is 9.37 Å². The monoisotopic (exact) mass is 416 g/mol. The smallest absolute Gasteiger partial charge is 0.257 e. The fourth-order valence-corrected chi connectivity index (χ4v) is 3.13. The quantitative estimate of drug-likeness (QED) is 0.705. The first kappa shape index (κ1) is 20.8. The van der Waals surface area contributed by atoms with Crippen LogP contribution >= 0.6 is 11.6 Å². The molecule has 0 aliphatic rings. The minimum Gasteiger partial charge on any atom is -0.363 e. The molecule has 1 amide bonds. The Morgan fingerprint density at radius 2 is 1.90 bits per heavy atom. The number of hydrogen-bond acceptors (Lipinski definition) is 4. The molecule has 8 heteroatoms. The molecule has 1 N–H and O–H groups in total. The predicted octanol–water partition coefficient (Wildman–Crippen LogP) is 3.77. The number of nitrogens with one attached hydrogen (secondary N) is 1. The van der Waals surface area contributed by atoms with Crippen molar-refractivity contribution in [2.75, 3.05) is 19.0 Å². The first-order chi connectivity index (χ1) is 13.5. The van der Waals surface area contributed by atoms with E-state index in [1.807, 2.05) is 34.9 Å². The summed E-state index contributed by atoms with van der Waals surface area (Å²) in [5.74, 6) is -0.374. The van der Waals surface area contributed by atoms with Gasteiger partial charge in [-0.1, -0.05) is 11.6 Å². The SMILES string of the molecule is CN(C)c1ccc2c(=O)c(C(=O)NC(C)(C)C)cn(-c3ccc(F)cc3Cl)c2n1. The predicted molar refractivity (Wildman–Crippen MR) is 114 cm³/mol. The lowest BCUT2D eigenvalue weighted by Gasteiger charge is -2.21. The zero-order valence-electron chi connectivity index (χ0n) is 16.9. The number of rotatable bonds is 3. The Balaban J connectivity index is 2.36. The number of aromatic nitrogens is 2. The summed E-state index contributed by atoms with van der Waals surface area (Å²) in [7, 11) is 3.65. The Morgan fingerprint density at radius 3 is 2.48 bits per heavy atom. The molecule has 0 atom stereocenters. The molecule has 0 unspecified atom stereocenters. The summed E-state index contributed by atoms with van der Waals surface area (Å²) in [6.45, 7) is 5.48. The third kappa shape index (κ3) is 4.24. The lowest BCUT2D eigenvalue weighted by molar-refractivity contribution is 0.0918. The van der Waals surface area contributed by atoms with Crippen molar-refractivity contribution in [2.45, 2.75) is 26.3 Å². The highest BCUT2D eigenvalue weighted by Gasteiger charge is 2.22. The molecule has 0 fully saturated rings. The summed E-state index contributed by atoms with van der Waals surface area (Å²) in [5.41, 5.74) is -0.279. The minimum atomic E-state index is -0.524. The number of hydrogen-bond donors (Lipinski definition) is 1. The summed E-state index contributed by atoms with van der Waals surface area (Å²) in [6.07, 6.45) is 1.40. The van der Waals surface area contributed by atoms with Gasteiger partial charge in [0.15, 0.2) is 5.65 Å². The summed E-state index contributed by atoms with van der Waals surface area (Å²) < 4.78 is 15.1. The molecular weight excluding hydrogens is 395 g/mol. The summed E-state index contributed by atoms with van der Waals surface area (Å²) in [4.78, 5) is 32.2. The van der Waals surface area contributed by atoms with E-state index in [2.05, 4.69) is 10.3 Å². The number of amides is 1. The molecule has 0 saturated heterocycles. The van der Waals surface area contributed by atoms with E-state index in [4.69, 9.17) is 11.6 Å². The van der Waals surface area contributed by atoms with E-state index in [1.165, 1.54) is 24.4 Å². The number of carbonyl (C=O) groups excluding carboxylic acids is 1. The van der Waals surface area contributed by atoms with Gasteiger partial charge < -0.3 is 10.2 Å². The van der Waals surface area contributed by atoms with Gasteiger partial charge in [0.25, 0.3) is 5.91 Å². The van der Waals surface area contributed by atoms with Crippen LogP contribution in [0.4, 0.5) is 10.2 Å². The van der Waals surface area contributed by atoms with Gasteiger partial charge in [0.1, 0.15) is 17.2 Å². The van der Waals surface area contributed by atoms with Crippen LogP contribution in [0.5, 0.6) is 0 Å². The average Bonchev–Trinajstić information content (AvgIpc) is 2.61. The van der Waals surface area contributed by atoms with E-state index in [0.29, 0.717) is 17.2 Å². The fourth-order valence-electron chi connectivity index (χ4n) is 2.87. The molecule has 0 radical (unpaired) electrons. The maximum Gasteiger partial charge on any atom is 0.257 e. The molecule has 29 heavy (non-hydrogen) atoms. The molecule has 0 spiro atoms. The summed E-state index contributed by atoms with van der Waals surface area (Å²) in [6, 6.07) is 7.24. The number of pyridine rings is 2. The topological polar surface area (TPSA) is 67.2 Å². The Labute approximate surface area is 172 Å². The van der Waals surface area contributed by atoms with Crippen molar-refractivity contribution in [3.05, 3.63) is 63.2 Å². The van der Waals surface area contributed by atoms with Crippen molar-refractivity contribution < 1.29 is 9.18 Å². The van der Waals surface area contributed by atoms with Crippen LogP contribution in [0.15, 0.2) is 41.3 Å². The maximum absolute atomic E-state index is 13.6. The maximum atomic E-state index is 13.6. The molecule has 2 aromatic heterocycles. The van der Waals surface area contributed by atoms with Crippen LogP contribution in [0, 0.1) is 5.82 Å². The molecular formula is C21H22ClFN4O2. The van der Waals surface area contributed by atoms with Gasteiger partial charge in [-0.15, -0.1) is 0 Å². The first-order valence-corrected chi connectivity index (χ1v) is 9.37. The zero-order chi connectivity index (χ0) is 21.5. The van der Waals surface area contributed by atoms with Gasteiger partial charge >= 0.3 is 0 Å². The second kappa shape index (κ2) is 7.48. The van der Waals surface area contributed by atoms with E-state index in [9.17, 15) is 14.0 Å². The number of halogens is 2. The van der Waals surface area contributed by atoms with E-state index >= 15 is 0 Å². The summed E-state index contributed by atoms with van der Waals surface area (Å²) in [5, 5.41) is 3.19. The van der Waals surface area contributed by atoms with Crippen LogP contribution in [0.1, 0.15) is 31.1 Å². The van der Waals surface area contributed by atoms with Crippen molar-refractivity contribution in [1.29, 1.82) is 0 Å². The molecule has 3 rings (SSSR count). The Hall–Kier alpha value is -2.93. The molecule has 6 nitrogen and oxygen atoms in total. The van der Waals surface area contributed by atoms with Crippen LogP contribution in [0.3, 0.4) is 0 Å². The normalized spacial score (nSPS) is 11.6. The Kier molecular flexibility index (Phi) is 5.36. The van der Waals surface area contributed by atoms with Crippen molar-refractivity contribution >= 4 is 34.4 Å². The number of carbonyl (C=O) groups is 1. The van der Waals surface area contributed by atoms with Gasteiger partial charge in [0, 0.05) is 25.8 Å². The fraction of sp³-hybridized carbons (Fsp3) is 0.286. The van der Waals surface area contributed by atoms with E-state index in [0.717, 1.165) is 0 Å². The van der Waals surface area contributed by atoms with Gasteiger partial charge in [0.2, 0.25) is 5.43 Å². The van der Waals surface area contributed by atoms with Gasteiger partial charge in [-0.3, -0.25) is 14.2 Å². The molecule has 0 saturated carbocycles. The Morgan fingerprint density at radius 1 is 1.21 bits per heavy atom. The van der Waals surface area contributed by atoms with Crippen LogP contribution in [-0.2, 0) is 0 Å². The molecule has 1 aromatic carbocycles. The zero-order valence-corrected chi connectivity index (χ0v) is 17.6. The lowest BCUT2D eigenvalue weighted by Crippen LogP contribution is -2.42. The van der Waals surface area contributed by atoms with Crippen LogP contribution in [-0.4, -0.2) is 35.1 Å². The van der Waals surface area contributed by atoms with Crippen molar-refractivity contribution in [3.63, 3.8) is 0 Å². The van der Waals surface area contributed by atoms with Crippen molar-refractivity contribution in [3.8, 4) is 5.69 Å². The Bertz CT molecular complexity index is 1170. The third-order valence-corrected chi connectivity index (χ3v) is 4.50. The minimum absolute atomic E-state index is 0.0489. The van der Waals surface area contributed by atoms with E-state index < -0.39 is 22.7 Å². The number of benzene rings is 1. The largest absolute Gasteiger partial charge is 0.363 e. The molecule has 3 aromatic rings. The lowest BCUT2D eigenvalue weighted by atomic mass is 10.1. The van der Waals surface area contributed by atoms with Gasteiger partial charge in [0.05, 0.1) is 16.1 Å². The molecule has 0 bridgehead atoms. The van der Waals surface area contributed by atoms with Gasteiger partial charge in [-0.2, -0.15) is 0 Å². The number of nitrogens with zero attached hydrogens (tertiary/aromatic N) is 3. The number of fused-ring (bicyclic) bond motifs is 1. The van der Waals surface area contributed by atoms with Crippen LogP contribution in [0.25, 0.3) is 16.7 Å². The molecule has 0 aliphatic heterocycles. The van der Waals surface area contributed by atoms with E-state index in [1.54, 1.807) is 21.6 Å². The van der Waals surface area contributed by atoms with Crippen molar-refractivity contribution in [2.24, 2.45) is 0 Å². The second-order valence-electron chi connectivity index (χ2n) is 7.98. The molecule has 2 heterocycles. The van der Waals surface area contributed by atoms with Crippen LogP contribution in [0.2, 0.25) is 5.02 Å².